The van der Waals surface area contributed by atoms with E-state index in [1.54, 1.807) is 11.8 Å². The summed E-state index contributed by atoms with van der Waals surface area (Å²) in [5.41, 5.74) is 2.56. The zero-order valence-corrected chi connectivity index (χ0v) is 14.0. The van der Waals surface area contributed by atoms with E-state index in [4.69, 9.17) is 4.74 Å². The maximum atomic E-state index is 11.7. The lowest BCUT2D eigenvalue weighted by Gasteiger charge is -2.07. The molecule has 0 aliphatic heterocycles. The third kappa shape index (κ3) is 3.44. The molecular weight excluding hydrogens is 322 g/mol. The number of anilines is 1. The quantitative estimate of drug-likeness (QED) is 0.700. The van der Waals surface area contributed by atoms with Gasteiger partial charge < -0.3 is 10.1 Å². The van der Waals surface area contributed by atoms with Crippen LogP contribution in [0.15, 0.2) is 60.7 Å². The fraction of sp³-hybridized carbons (Fsp3) is 0.111. The molecule has 2 aromatic carbocycles. The first-order chi connectivity index (χ1) is 11.7. The zero-order chi connectivity index (χ0) is 16.9. The zero-order valence-electron chi connectivity index (χ0n) is 13.1. The molecular formula is C18H17N3O2S. The lowest BCUT2D eigenvalue weighted by Crippen LogP contribution is -2.15. The van der Waals surface area contributed by atoms with Gasteiger partial charge in [0.25, 0.3) is 0 Å². The van der Waals surface area contributed by atoms with Crippen LogP contribution in [0.5, 0.6) is 5.75 Å². The van der Waals surface area contributed by atoms with Gasteiger partial charge in [-0.05, 0) is 36.4 Å². The van der Waals surface area contributed by atoms with Gasteiger partial charge in [0.05, 0.1) is 24.2 Å². The van der Waals surface area contributed by atoms with Gasteiger partial charge in [0.1, 0.15) is 11.6 Å². The van der Waals surface area contributed by atoms with Crippen molar-refractivity contribution < 1.29 is 9.53 Å². The number of methoxy groups -OCH3 is 1. The molecule has 0 aliphatic rings. The number of carbonyl (C=O) groups excluding carboxylic acids is 1. The molecule has 24 heavy (non-hydrogen) atoms. The molecule has 6 heteroatoms. The van der Waals surface area contributed by atoms with Crippen LogP contribution in [-0.4, -0.2) is 28.6 Å². The second-order valence-electron chi connectivity index (χ2n) is 5.10. The topological polar surface area (TPSA) is 56.1 Å². The number of para-hydroxylation sites is 1. The summed E-state index contributed by atoms with van der Waals surface area (Å²) in [6.45, 7) is 0. The first kappa shape index (κ1) is 16.1. The van der Waals surface area contributed by atoms with Crippen LogP contribution in [0.2, 0.25) is 0 Å². The van der Waals surface area contributed by atoms with E-state index in [0.29, 0.717) is 5.82 Å². The molecule has 0 aliphatic carbocycles. The number of carbonyl (C=O) groups is 1. The summed E-state index contributed by atoms with van der Waals surface area (Å²) < 4.78 is 6.89. The highest BCUT2D eigenvalue weighted by Crippen LogP contribution is 2.26. The fourth-order valence-corrected chi connectivity index (χ4v) is 2.40. The van der Waals surface area contributed by atoms with E-state index in [9.17, 15) is 4.79 Å². The molecule has 0 saturated carbocycles. The number of thiol groups is 1. The summed E-state index contributed by atoms with van der Waals surface area (Å²) in [6.07, 6.45) is 0. The Hall–Kier alpha value is -2.73. The number of amides is 1. The molecule has 3 rings (SSSR count). The Morgan fingerprint density at radius 2 is 1.88 bits per heavy atom. The van der Waals surface area contributed by atoms with Gasteiger partial charge in [-0.1, -0.05) is 18.2 Å². The molecule has 0 atom stereocenters. The van der Waals surface area contributed by atoms with E-state index < -0.39 is 0 Å². The Morgan fingerprint density at radius 3 is 2.50 bits per heavy atom. The largest absolute Gasteiger partial charge is 0.497 e. The van der Waals surface area contributed by atoms with Gasteiger partial charge in [-0.15, -0.1) is 0 Å². The number of hydrogen-bond donors (Lipinski definition) is 2. The lowest BCUT2D eigenvalue weighted by molar-refractivity contribution is -0.113. The van der Waals surface area contributed by atoms with E-state index in [1.807, 2.05) is 60.7 Å². The average molecular weight is 339 g/mol. The smallest absolute Gasteiger partial charge is 0.235 e. The number of aromatic nitrogens is 2. The molecule has 3 aromatic rings. The molecule has 122 valence electrons. The SMILES string of the molecule is COc1ccc(-c2cc(NC(=O)CS)n(-c3ccccc3)n2)cc1. The van der Waals surface area contributed by atoms with Crippen LogP contribution in [0.3, 0.4) is 0 Å². The molecule has 1 amide bonds. The third-order valence-corrected chi connectivity index (χ3v) is 3.79. The Bertz CT molecular complexity index is 829. The van der Waals surface area contributed by atoms with Gasteiger partial charge in [-0.3, -0.25) is 4.79 Å². The highest BCUT2D eigenvalue weighted by atomic mass is 32.1. The molecule has 1 aromatic heterocycles. The Kier molecular flexibility index (Phi) is 4.86. The van der Waals surface area contributed by atoms with Crippen molar-refractivity contribution in [2.75, 3.05) is 18.2 Å². The summed E-state index contributed by atoms with van der Waals surface area (Å²) in [7, 11) is 1.63. The number of nitrogens with one attached hydrogen (secondary N) is 1. The predicted octanol–water partition coefficient (Wildman–Crippen LogP) is 3.42. The maximum Gasteiger partial charge on any atom is 0.235 e. The first-order valence-electron chi connectivity index (χ1n) is 7.42. The van der Waals surface area contributed by atoms with Crippen LogP contribution < -0.4 is 10.1 Å². The first-order valence-corrected chi connectivity index (χ1v) is 8.05. The molecule has 0 unspecified atom stereocenters. The minimum atomic E-state index is -0.184. The van der Waals surface area contributed by atoms with E-state index in [2.05, 4.69) is 23.0 Å². The lowest BCUT2D eigenvalue weighted by atomic mass is 10.1. The van der Waals surface area contributed by atoms with Crippen LogP contribution in [0.25, 0.3) is 16.9 Å². The molecule has 0 saturated heterocycles. The average Bonchev–Trinajstić information content (AvgIpc) is 3.06. The van der Waals surface area contributed by atoms with Gasteiger partial charge in [0.15, 0.2) is 0 Å². The van der Waals surface area contributed by atoms with Crippen molar-refractivity contribution in [3.63, 3.8) is 0 Å². The van der Waals surface area contributed by atoms with Crippen molar-refractivity contribution >= 4 is 24.4 Å². The monoisotopic (exact) mass is 339 g/mol. The van der Waals surface area contributed by atoms with Crippen LogP contribution in [-0.2, 0) is 4.79 Å². The molecule has 0 bridgehead atoms. The highest BCUT2D eigenvalue weighted by molar-refractivity contribution is 7.81. The maximum absolute atomic E-state index is 11.7. The van der Waals surface area contributed by atoms with Crippen LogP contribution in [0.4, 0.5) is 5.82 Å². The van der Waals surface area contributed by atoms with Crippen molar-refractivity contribution in [2.45, 2.75) is 0 Å². The molecule has 5 nitrogen and oxygen atoms in total. The second kappa shape index (κ2) is 7.23. The molecule has 1 N–H and O–H groups in total. The minimum absolute atomic E-state index is 0.109. The minimum Gasteiger partial charge on any atom is -0.497 e. The van der Waals surface area contributed by atoms with Gasteiger partial charge in [-0.25, -0.2) is 4.68 Å². The molecule has 0 radical (unpaired) electrons. The fourth-order valence-electron chi connectivity index (χ4n) is 2.32. The van der Waals surface area contributed by atoms with Gasteiger partial charge in [0, 0.05) is 11.6 Å². The van der Waals surface area contributed by atoms with E-state index in [-0.39, 0.29) is 11.7 Å². The van der Waals surface area contributed by atoms with Gasteiger partial charge >= 0.3 is 0 Å². The summed E-state index contributed by atoms with van der Waals surface area (Å²) in [5.74, 6) is 1.31. The van der Waals surface area contributed by atoms with Crippen LogP contribution >= 0.6 is 12.6 Å². The van der Waals surface area contributed by atoms with Gasteiger partial charge in [0.2, 0.25) is 5.91 Å². The predicted molar refractivity (Wildman–Crippen MR) is 98.0 cm³/mol. The highest BCUT2D eigenvalue weighted by Gasteiger charge is 2.13. The van der Waals surface area contributed by atoms with Crippen molar-refractivity contribution in [3.05, 3.63) is 60.7 Å². The Morgan fingerprint density at radius 1 is 1.17 bits per heavy atom. The number of ether oxygens (including phenoxy) is 1. The Balaban J connectivity index is 2.03. The van der Waals surface area contributed by atoms with E-state index in [0.717, 1.165) is 22.7 Å². The third-order valence-electron chi connectivity index (χ3n) is 3.51. The van der Waals surface area contributed by atoms with Crippen molar-refractivity contribution in [2.24, 2.45) is 0 Å². The number of nitrogens with zero attached hydrogens (tertiary/aromatic N) is 2. The molecule has 0 fully saturated rings. The second-order valence-corrected chi connectivity index (χ2v) is 5.41. The van der Waals surface area contributed by atoms with E-state index >= 15 is 0 Å². The summed E-state index contributed by atoms with van der Waals surface area (Å²) >= 11 is 4.01. The standard InChI is InChI=1S/C18H17N3O2S/c1-23-15-9-7-13(8-10-15)16-11-17(19-18(22)12-24)21(20-16)14-5-3-2-4-6-14/h2-11,24H,12H2,1H3,(H,19,22). The number of hydrogen-bond acceptors (Lipinski definition) is 4. The molecule has 1 heterocycles. The van der Waals surface area contributed by atoms with Gasteiger partial charge in [-0.2, -0.15) is 17.7 Å². The number of rotatable bonds is 5. The van der Waals surface area contributed by atoms with E-state index in [1.165, 1.54) is 0 Å². The normalized spacial score (nSPS) is 10.4. The van der Waals surface area contributed by atoms with Crippen LogP contribution in [0, 0.1) is 0 Å². The summed E-state index contributed by atoms with van der Waals surface area (Å²) in [6, 6.07) is 19.1. The molecule has 0 spiro atoms. The Labute approximate surface area is 145 Å². The van der Waals surface area contributed by atoms with Crippen LogP contribution in [0.1, 0.15) is 0 Å². The van der Waals surface area contributed by atoms with Crippen molar-refractivity contribution in [1.82, 2.24) is 9.78 Å². The van der Waals surface area contributed by atoms with Crippen molar-refractivity contribution in [3.8, 4) is 22.7 Å². The van der Waals surface area contributed by atoms with Crippen molar-refractivity contribution in [1.29, 1.82) is 0 Å². The number of benzene rings is 2. The summed E-state index contributed by atoms with van der Waals surface area (Å²) in [4.78, 5) is 11.7. The summed E-state index contributed by atoms with van der Waals surface area (Å²) in [5, 5.41) is 7.46.